The number of nitrogens with zero attached hydrogens (tertiary/aromatic N) is 1. The molecule has 0 saturated carbocycles. The van der Waals surface area contributed by atoms with Gasteiger partial charge in [0.05, 0.1) is 0 Å². The molecule has 0 radical (unpaired) electrons. The van der Waals surface area contributed by atoms with Crippen LogP contribution in [0.5, 0.6) is 5.75 Å². The fourth-order valence-corrected chi connectivity index (χ4v) is 2.67. The number of nitrogens with one attached hydrogen (secondary N) is 1. The second kappa shape index (κ2) is 6.32. The maximum atomic E-state index is 13.6. The van der Waals surface area contributed by atoms with Crippen molar-refractivity contribution in [1.29, 1.82) is 0 Å². The number of aliphatic hydroxyl groups excluding tert-OH is 1. The highest BCUT2D eigenvalue weighted by atomic mass is 19.1. The number of halogens is 1. The van der Waals surface area contributed by atoms with Crippen LogP contribution in [-0.4, -0.2) is 47.9 Å². The second-order valence-electron chi connectivity index (χ2n) is 4.97. The summed E-state index contributed by atoms with van der Waals surface area (Å²) in [6.07, 6.45) is 0.496. The molecule has 1 aromatic rings. The molecule has 0 bridgehead atoms. The second-order valence-corrected chi connectivity index (χ2v) is 4.97. The summed E-state index contributed by atoms with van der Waals surface area (Å²) in [5.74, 6) is -0.207. The fourth-order valence-electron chi connectivity index (χ4n) is 2.67. The van der Waals surface area contributed by atoms with E-state index in [4.69, 9.17) is 0 Å². The van der Waals surface area contributed by atoms with Crippen molar-refractivity contribution in [1.82, 2.24) is 10.2 Å². The number of piperazine rings is 1. The van der Waals surface area contributed by atoms with Crippen LogP contribution < -0.4 is 5.32 Å². The molecular formula is C14H21FN2O2. The lowest BCUT2D eigenvalue weighted by Crippen LogP contribution is -2.45. The molecule has 1 aromatic carbocycles. The van der Waals surface area contributed by atoms with E-state index in [0.717, 1.165) is 26.2 Å². The van der Waals surface area contributed by atoms with Crippen LogP contribution in [0.1, 0.15) is 23.6 Å². The van der Waals surface area contributed by atoms with E-state index in [9.17, 15) is 14.6 Å². The lowest BCUT2D eigenvalue weighted by atomic mass is 9.98. The number of rotatable bonds is 4. The number of aliphatic hydroxyl groups is 1. The lowest BCUT2D eigenvalue weighted by Gasteiger charge is -2.35. The van der Waals surface area contributed by atoms with Crippen LogP contribution >= 0.6 is 0 Å². The third kappa shape index (κ3) is 3.23. The molecule has 1 saturated heterocycles. The minimum Gasteiger partial charge on any atom is -0.507 e. The first-order chi connectivity index (χ1) is 9.13. The number of benzene rings is 1. The van der Waals surface area contributed by atoms with Crippen molar-refractivity contribution >= 4 is 0 Å². The number of aryl methyl sites for hydroxylation is 1. The Kier molecular flexibility index (Phi) is 4.74. The summed E-state index contributed by atoms with van der Waals surface area (Å²) >= 11 is 0. The van der Waals surface area contributed by atoms with Gasteiger partial charge in [-0.1, -0.05) is 0 Å². The maximum Gasteiger partial charge on any atom is 0.124 e. The van der Waals surface area contributed by atoms with E-state index >= 15 is 0 Å². The van der Waals surface area contributed by atoms with Gasteiger partial charge in [0, 0.05) is 44.4 Å². The Morgan fingerprint density at radius 3 is 2.68 bits per heavy atom. The van der Waals surface area contributed by atoms with Crippen LogP contribution in [0.15, 0.2) is 12.1 Å². The van der Waals surface area contributed by atoms with Gasteiger partial charge in [-0.15, -0.1) is 0 Å². The van der Waals surface area contributed by atoms with Gasteiger partial charge in [-0.3, -0.25) is 4.90 Å². The molecule has 1 atom stereocenters. The van der Waals surface area contributed by atoms with E-state index in [1.807, 2.05) is 0 Å². The van der Waals surface area contributed by atoms with Crippen molar-refractivity contribution in [2.75, 3.05) is 32.8 Å². The predicted molar refractivity (Wildman–Crippen MR) is 71.7 cm³/mol. The Balaban J connectivity index is 2.32. The SMILES string of the molecule is Cc1cc(F)cc([C@@H](CCO)N2CCNCC2)c1O. The largest absolute Gasteiger partial charge is 0.507 e. The summed E-state index contributed by atoms with van der Waals surface area (Å²) in [5.41, 5.74) is 1.11. The Morgan fingerprint density at radius 2 is 2.05 bits per heavy atom. The first-order valence-electron chi connectivity index (χ1n) is 6.68. The number of phenols is 1. The van der Waals surface area contributed by atoms with Crippen LogP contribution in [0.4, 0.5) is 4.39 Å². The molecular weight excluding hydrogens is 247 g/mol. The van der Waals surface area contributed by atoms with Gasteiger partial charge in [-0.05, 0) is 31.0 Å². The van der Waals surface area contributed by atoms with E-state index < -0.39 is 0 Å². The molecule has 0 aliphatic carbocycles. The molecule has 0 aromatic heterocycles. The Labute approximate surface area is 112 Å². The first kappa shape index (κ1) is 14.2. The summed E-state index contributed by atoms with van der Waals surface area (Å²) in [7, 11) is 0. The average molecular weight is 268 g/mol. The van der Waals surface area contributed by atoms with Gasteiger partial charge in [0.2, 0.25) is 0 Å². The van der Waals surface area contributed by atoms with Crippen molar-refractivity contribution in [3.8, 4) is 5.75 Å². The minimum atomic E-state index is -0.344. The summed E-state index contributed by atoms with van der Waals surface area (Å²) in [5, 5.41) is 22.7. The van der Waals surface area contributed by atoms with Crippen LogP contribution in [0, 0.1) is 12.7 Å². The molecule has 0 spiro atoms. The maximum absolute atomic E-state index is 13.6. The van der Waals surface area contributed by atoms with E-state index in [1.165, 1.54) is 12.1 Å². The third-order valence-electron chi connectivity index (χ3n) is 3.65. The molecule has 1 aliphatic heterocycles. The fraction of sp³-hybridized carbons (Fsp3) is 0.571. The molecule has 106 valence electrons. The molecule has 1 heterocycles. The molecule has 1 aliphatic rings. The highest BCUT2D eigenvalue weighted by Crippen LogP contribution is 2.34. The molecule has 5 heteroatoms. The van der Waals surface area contributed by atoms with Crippen LogP contribution in [0.2, 0.25) is 0 Å². The Morgan fingerprint density at radius 1 is 1.37 bits per heavy atom. The third-order valence-corrected chi connectivity index (χ3v) is 3.65. The minimum absolute atomic E-state index is 0.0175. The van der Waals surface area contributed by atoms with Crippen molar-refractivity contribution in [2.24, 2.45) is 0 Å². The molecule has 0 amide bonds. The zero-order valence-electron chi connectivity index (χ0n) is 11.2. The molecule has 2 rings (SSSR count). The van der Waals surface area contributed by atoms with Crippen LogP contribution in [0.25, 0.3) is 0 Å². The van der Waals surface area contributed by atoms with Crippen LogP contribution in [0.3, 0.4) is 0 Å². The number of hydrogen-bond donors (Lipinski definition) is 3. The van der Waals surface area contributed by atoms with Gasteiger partial charge >= 0.3 is 0 Å². The van der Waals surface area contributed by atoms with Gasteiger partial charge in [0.25, 0.3) is 0 Å². The summed E-state index contributed by atoms with van der Waals surface area (Å²) in [6, 6.07) is 2.57. The number of phenolic OH excluding ortho intramolecular Hbond substituents is 1. The van der Waals surface area contributed by atoms with E-state index in [0.29, 0.717) is 17.5 Å². The molecule has 19 heavy (non-hydrogen) atoms. The topological polar surface area (TPSA) is 55.7 Å². The number of hydrogen-bond acceptors (Lipinski definition) is 4. The van der Waals surface area contributed by atoms with E-state index in [2.05, 4.69) is 10.2 Å². The average Bonchev–Trinajstić information content (AvgIpc) is 2.41. The smallest absolute Gasteiger partial charge is 0.124 e. The summed E-state index contributed by atoms with van der Waals surface area (Å²) in [6.45, 7) is 5.12. The lowest BCUT2D eigenvalue weighted by molar-refractivity contribution is 0.139. The van der Waals surface area contributed by atoms with Crippen molar-refractivity contribution in [3.63, 3.8) is 0 Å². The predicted octanol–water partition coefficient (Wildman–Crippen LogP) is 1.17. The Bertz CT molecular complexity index is 434. The van der Waals surface area contributed by atoms with E-state index in [1.54, 1.807) is 6.92 Å². The van der Waals surface area contributed by atoms with Crippen molar-refractivity contribution < 1.29 is 14.6 Å². The zero-order chi connectivity index (χ0) is 13.8. The number of aromatic hydroxyl groups is 1. The monoisotopic (exact) mass is 268 g/mol. The standard InChI is InChI=1S/C14H21FN2O2/c1-10-8-11(15)9-12(14(10)19)13(2-7-18)17-5-3-16-4-6-17/h8-9,13,16,18-19H,2-7H2,1H3/t13-/m1/s1. The first-order valence-corrected chi connectivity index (χ1v) is 6.68. The molecule has 3 N–H and O–H groups in total. The molecule has 0 unspecified atom stereocenters. The normalized spacial score (nSPS) is 18.5. The highest BCUT2D eigenvalue weighted by Gasteiger charge is 2.25. The Hall–Kier alpha value is -1.17. The molecule has 4 nitrogen and oxygen atoms in total. The van der Waals surface area contributed by atoms with E-state index in [-0.39, 0.29) is 24.2 Å². The van der Waals surface area contributed by atoms with Gasteiger partial charge in [-0.2, -0.15) is 0 Å². The summed E-state index contributed by atoms with van der Waals surface area (Å²) < 4.78 is 13.6. The van der Waals surface area contributed by atoms with Gasteiger partial charge in [0.15, 0.2) is 0 Å². The van der Waals surface area contributed by atoms with Gasteiger partial charge in [-0.25, -0.2) is 4.39 Å². The summed E-state index contributed by atoms with van der Waals surface area (Å²) in [4.78, 5) is 2.18. The molecule has 1 fully saturated rings. The zero-order valence-corrected chi connectivity index (χ0v) is 11.2. The quantitative estimate of drug-likeness (QED) is 0.767. The van der Waals surface area contributed by atoms with Crippen molar-refractivity contribution in [3.05, 3.63) is 29.1 Å². The van der Waals surface area contributed by atoms with Crippen molar-refractivity contribution in [2.45, 2.75) is 19.4 Å². The van der Waals surface area contributed by atoms with Gasteiger partial charge in [0.1, 0.15) is 11.6 Å². The van der Waals surface area contributed by atoms with Gasteiger partial charge < -0.3 is 15.5 Å². The van der Waals surface area contributed by atoms with Crippen LogP contribution in [-0.2, 0) is 0 Å². The highest BCUT2D eigenvalue weighted by molar-refractivity contribution is 5.42.